The molecule has 0 spiro atoms. The Balaban J connectivity index is 2.02. The number of pyridine rings is 1. The minimum atomic E-state index is -0.306. The van der Waals surface area contributed by atoms with Crippen molar-refractivity contribution in [1.29, 1.82) is 0 Å². The molecule has 0 aliphatic rings. The number of amides is 1. The van der Waals surface area contributed by atoms with Crippen LogP contribution in [0.25, 0.3) is 0 Å². The number of carbonyl (C=O) groups is 1. The first-order chi connectivity index (χ1) is 11.0. The van der Waals surface area contributed by atoms with Gasteiger partial charge in [-0.25, -0.2) is 0 Å². The molecule has 7 heteroatoms. The Morgan fingerprint density at radius 3 is 2.61 bits per heavy atom. The Hall–Kier alpha value is -1.82. The largest absolute Gasteiger partial charge is 0.384 e. The van der Waals surface area contributed by atoms with E-state index >= 15 is 0 Å². The van der Waals surface area contributed by atoms with Gasteiger partial charge in [0.2, 0.25) is 0 Å². The van der Waals surface area contributed by atoms with Crippen LogP contribution in [0, 0.1) is 0 Å². The summed E-state index contributed by atoms with van der Waals surface area (Å²) in [6.45, 7) is 1.68. The Morgan fingerprint density at radius 1 is 1.13 bits per heavy atom. The van der Waals surface area contributed by atoms with E-state index in [4.69, 9.17) is 23.2 Å². The highest BCUT2D eigenvalue weighted by atomic mass is 35.5. The molecule has 0 radical (unpaired) electrons. The van der Waals surface area contributed by atoms with Gasteiger partial charge in [0.15, 0.2) is 0 Å². The van der Waals surface area contributed by atoms with Crippen LogP contribution in [0.4, 0.5) is 11.4 Å². The average Bonchev–Trinajstić information content (AvgIpc) is 2.51. The van der Waals surface area contributed by atoms with Crippen LogP contribution in [-0.4, -0.2) is 43.0 Å². The molecule has 0 atom stereocenters. The summed E-state index contributed by atoms with van der Waals surface area (Å²) in [6.07, 6.45) is 1.60. The molecule has 1 aromatic carbocycles. The lowest BCUT2D eigenvalue weighted by molar-refractivity contribution is 0.102. The Labute approximate surface area is 145 Å². The molecule has 0 unspecified atom stereocenters. The molecule has 0 fully saturated rings. The fraction of sp³-hybridized carbons (Fsp3) is 0.250. The lowest BCUT2D eigenvalue weighted by Gasteiger charge is -2.12. The number of nitrogens with one attached hydrogen (secondary N) is 2. The van der Waals surface area contributed by atoms with E-state index in [0.717, 1.165) is 18.8 Å². The van der Waals surface area contributed by atoms with Crippen LogP contribution in [0.15, 0.2) is 36.5 Å². The summed E-state index contributed by atoms with van der Waals surface area (Å²) in [5.41, 5.74) is 1.74. The molecular formula is C16H18Cl2N4O. The van der Waals surface area contributed by atoms with Crippen molar-refractivity contribution in [3.8, 4) is 0 Å². The Bertz CT molecular complexity index is 692. The zero-order valence-corrected chi connectivity index (χ0v) is 14.4. The van der Waals surface area contributed by atoms with E-state index in [1.165, 1.54) is 0 Å². The molecule has 23 heavy (non-hydrogen) atoms. The summed E-state index contributed by atoms with van der Waals surface area (Å²) in [5.74, 6) is -0.306. The summed E-state index contributed by atoms with van der Waals surface area (Å²) >= 11 is 11.8. The van der Waals surface area contributed by atoms with Gasteiger partial charge in [-0.2, -0.15) is 0 Å². The molecule has 2 rings (SSSR count). The fourth-order valence-electron chi connectivity index (χ4n) is 1.86. The van der Waals surface area contributed by atoms with Crippen molar-refractivity contribution in [2.75, 3.05) is 37.8 Å². The molecule has 0 saturated carbocycles. The van der Waals surface area contributed by atoms with E-state index in [1.807, 2.05) is 20.2 Å². The lowest BCUT2D eigenvalue weighted by Crippen LogP contribution is -2.21. The summed E-state index contributed by atoms with van der Waals surface area (Å²) in [7, 11) is 4.01. The minimum Gasteiger partial charge on any atom is -0.384 e. The summed E-state index contributed by atoms with van der Waals surface area (Å²) in [6, 6.07) is 8.45. The van der Waals surface area contributed by atoms with Gasteiger partial charge in [0.1, 0.15) is 5.69 Å². The van der Waals surface area contributed by atoms with Gasteiger partial charge in [-0.1, -0.05) is 23.2 Å². The molecule has 0 aliphatic carbocycles. The molecule has 122 valence electrons. The number of hydrogen-bond donors (Lipinski definition) is 2. The highest BCUT2D eigenvalue weighted by molar-refractivity contribution is 6.42. The van der Waals surface area contributed by atoms with Gasteiger partial charge in [-0.3, -0.25) is 9.78 Å². The first-order valence-electron chi connectivity index (χ1n) is 7.07. The maximum Gasteiger partial charge on any atom is 0.274 e. The number of halogens is 2. The van der Waals surface area contributed by atoms with Gasteiger partial charge in [-0.05, 0) is 44.4 Å². The van der Waals surface area contributed by atoms with Crippen molar-refractivity contribution in [2.45, 2.75) is 0 Å². The number of aromatic nitrogens is 1. The Morgan fingerprint density at radius 2 is 1.91 bits per heavy atom. The van der Waals surface area contributed by atoms with Crippen LogP contribution in [0.1, 0.15) is 10.5 Å². The van der Waals surface area contributed by atoms with Crippen LogP contribution in [0.3, 0.4) is 0 Å². The third-order valence-electron chi connectivity index (χ3n) is 3.06. The smallest absolute Gasteiger partial charge is 0.274 e. The van der Waals surface area contributed by atoms with Crippen molar-refractivity contribution in [3.63, 3.8) is 0 Å². The summed E-state index contributed by atoms with van der Waals surface area (Å²) in [4.78, 5) is 18.4. The van der Waals surface area contributed by atoms with Crippen LogP contribution in [0.2, 0.25) is 10.0 Å². The molecule has 5 nitrogen and oxygen atoms in total. The van der Waals surface area contributed by atoms with E-state index in [0.29, 0.717) is 21.4 Å². The van der Waals surface area contributed by atoms with Crippen LogP contribution < -0.4 is 10.6 Å². The number of hydrogen-bond acceptors (Lipinski definition) is 4. The standard InChI is InChI=1S/C16H18Cl2N4O/c1-22(2)8-7-19-11-5-6-20-15(10-11)16(23)21-12-3-4-13(17)14(18)9-12/h3-6,9-10H,7-8H2,1-2H3,(H,19,20)(H,21,23). The van der Waals surface area contributed by atoms with E-state index in [9.17, 15) is 4.79 Å². The monoisotopic (exact) mass is 352 g/mol. The maximum atomic E-state index is 12.3. The fourth-order valence-corrected chi connectivity index (χ4v) is 2.16. The molecule has 2 N–H and O–H groups in total. The van der Waals surface area contributed by atoms with Crippen LogP contribution in [-0.2, 0) is 0 Å². The van der Waals surface area contributed by atoms with Crippen molar-refractivity contribution < 1.29 is 4.79 Å². The van der Waals surface area contributed by atoms with Gasteiger partial charge in [0, 0.05) is 30.7 Å². The number of rotatable bonds is 6. The highest BCUT2D eigenvalue weighted by Gasteiger charge is 2.09. The van der Waals surface area contributed by atoms with Crippen molar-refractivity contribution in [2.24, 2.45) is 0 Å². The Kier molecular flexibility index (Phi) is 6.21. The number of benzene rings is 1. The second-order valence-corrected chi connectivity index (χ2v) is 6.06. The van der Waals surface area contributed by atoms with E-state index in [-0.39, 0.29) is 5.91 Å². The summed E-state index contributed by atoms with van der Waals surface area (Å²) in [5, 5.41) is 6.82. The molecule has 0 saturated heterocycles. The molecular weight excluding hydrogens is 335 g/mol. The van der Waals surface area contributed by atoms with Gasteiger partial charge in [-0.15, -0.1) is 0 Å². The zero-order chi connectivity index (χ0) is 16.8. The van der Waals surface area contributed by atoms with Gasteiger partial charge >= 0.3 is 0 Å². The molecule has 0 bridgehead atoms. The third kappa shape index (κ3) is 5.39. The first kappa shape index (κ1) is 17.5. The average molecular weight is 353 g/mol. The molecule has 1 aromatic heterocycles. The molecule has 2 aromatic rings. The van der Waals surface area contributed by atoms with E-state index in [1.54, 1.807) is 30.5 Å². The summed E-state index contributed by atoms with van der Waals surface area (Å²) < 4.78 is 0. The lowest BCUT2D eigenvalue weighted by atomic mass is 10.2. The first-order valence-corrected chi connectivity index (χ1v) is 7.82. The molecule has 0 aliphatic heterocycles. The maximum absolute atomic E-state index is 12.3. The quantitative estimate of drug-likeness (QED) is 0.833. The normalized spacial score (nSPS) is 10.7. The number of nitrogens with zero attached hydrogens (tertiary/aromatic N) is 2. The molecule has 1 amide bonds. The van der Waals surface area contributed by atoms with Gasteiger partial charge in [0.05, 0.1) is 10.0 Å². The third-order valence-corrected chi connectivity index (χ3v) is 3.80. The van der Waals surface area contributed by atoms with Crippen LogP contribution >= 0.6 is 23.2 Å². The highest BCUT2D eigenvalue weighted by Crippen LogP contribution is 2.25. The molecule has 1 heterocycles. The predicted molar refractivity (Wildman–Crippen MR) is 95.7 cm³/mol. The van der Waals surface area contributed by atoms with E-state index in [2.05, 4.69) is 20.5 Å². The van der Waals surface area contributed by atoms with Gasteiger partial charge in [0.25, 0.3) is 5.91 Å². The SMILES string of the molecule is CN(C)CCNc1ccnc(C(=O)Nc2ccc(Cl)c(Cl)c2)c1. The minimum absolute atomic E-state index is 0.306. The number of carbonyl (C=O) groups excluding carboxylic acids is 1. The van der Waals surface area contributed by atoms with Crippen LogP contribution in [0.5, 0.6) is 0 Å². The number of anilines is 2. The second kappa shape index (κ2) is 8.15. The second-order valence-electron chi connectivity index (χ2n) is 5.24. The zero-order valence-electron chi connectivity index (χ0n) is 12.9. The van der Waals surface area contributed by atoms with E-state index < -0.39 is 0 Å². The van der Waals surface area contributed by atoms with Crippen molar-refractivity contribution in [3.05, 3.63) is 52.3 Å². The number of likely N-dealkylation sites (N-methyl/N-ethyl adjacent to an activating group) is 1. The predicted octanol–water partition coefficient (Wildman–Crippen LogP) is 3.61. The van der Waals surface area contributed by atoms with Crippen molar-refractivity contribution >= 4 is 40.5 Å². The van der Waals surface area contributed by atoms with Crippen molar-refractivity contribution in [1.82, 2.24) is 9.88 Å². The topological polar surface area (TPSA) is 57.3 Å². The van der Waals surface area contributed by atoms with Gasteiger partial charge < -0.3 is 15.5 Å².